The standard InChI is InChI=1S/C24H26ClFN2O3S/c25-18-9-7-17(8-10-18)23-14-31-15-24(29)28(23)22(16-5-6-16)13-27(32(30)19-11-12-19)21-4-2-1-3-20(21)26/h1-4,7-10,16,19,22-23H,5-6,11-15H2. The van der Waals surface area contributed by atoms with Gasteiger partial charge in [-0.2, -0.15) is 0 Å². The van der Waals surface area contributed by atoms with Crippen LogP contribution in [0.4, 0.5) is 10.1 Å². The molecule has 5 nitrogen and oxygen atoms in total. The van der Waals surface area contributed by atoms with E-state index in [0.29, 0.717) is 29.8 Å². The summed E-state index contributed by atoms with van der Waals surface area (Å²) in [6.45, 7) is 0.755. The minimum Gasteiger partial charge on any atom is -0.369 e. The molecule has 2 saturated carbocycles. The van der Waals surface area contributed by atoms with E-state index in [1.807, 2.05) is 29.2 Å². The van der Waals surface area contributed by atoms with Crippen LogP contribution in [0.3, 0.4) is 0 Å². The molecular weight excluding hydrogens is 451 g/mol. The van der Waals surface area contributed by atoms with Crippen molar-refractivity contribution in [1.82, 2.24) is 4.90 Å². The number of anilines is 1. The molecule has 2 aromatic rings. The SMILES string of the molecule is O=C1COCC(c2ccc(Cl)cc2)N1C(CN(c1ccccc1F)S(=O)C1CC1)C1CC1. The summed E-state index contributed by atoms with van der Waals surface area (Å²) in [5, 5.41) is 0.689. The number of nitrogens with zero attached hydrogens (tertiary/aromatic N) is 2. The summed E-state index contributed by atoms with van der Waals surface area (Å²) in [7, 11) is -1.34. The molecular formula is C24H26ClFN2O3S. The first-order chi connectivity index (χ1) is 15.5. The maximum atomic E-state index is 14.8. The molecule has 1 saturated heterocycles. The van der Waals surface area contributed by atoms with Gasteiger partial charge in [-0.25, -0.2) is 8.60 Å². The van der Waals surface area contributed by atoms with E-state index in [2.05, 4.69) is 0 Å². The lowest BCUT2D eigenvalue weighted by Gasteiger charge is -2.43. The van der Waals surface area contributed by atoms with Crippen LogP contribution in [0.1, 0.15) is 37.3 Å². The fourth-order valence-corrected chi connectivity index (χ4v) is 6.10. The van der Waals surface area contributed by atoms with Crippen LogP contribution in [0.25, 0.3) is 0 Å². The summed E-state index contributed by atoms with van der Waals surface area (Å²) >= 11 is 6.07. The Hall–Kier alpha value is -1.96. The van der Waals surface area contributed by atoms with Crippen LogP contribution in [-0.4, -0.2) is 46.1 Å². The average Bonchev–Trinajstić information content (AvgIpc) is 3.70. The topological polar surface area (TPSA) is 49.9 Å². The van der Waals surface area contributed by atoms with E-state index in [-0.39, 0.29) is 29.8 Å². The third-order valence-corrected chi connectivity index (χ3v) is 8.48. The van der Waals surface area contributed by atoms with Crippen molar-refractivity contribution in [2.75, 3.05) is 24.1 Å². The van der Waals surface area contributed by atoms with Gasteiger partial charge in [0.1, 0.15) is 23.4 Å². The van der Waals surface area contributed by atoms with E-state index in [0.717, 1.165) is 31.2 Å². The van der Waals surface area contributed by atoms with Gasteiger partial charge in [0.15, 0.2) is 0 Å². The molecule has 2 aliphatic carbocycles. The second kappa shape index (κ2) is 9.12. The van der Waals surface area contributed by atoms with Gasteiger partial charge in [0.25, 0.3) is 0 Å². The molecule has 3 aliphatic rings. The summed E-state index contributed by atoms with van der Waals surface area (Å²) in [4.78, 5) is 15.0. The summed E-state index contributed by atoms with van der Waals surface area (Å²) in [5.74, 6) is -0.172. The van der Waals surface area contributed by atoms with Crippen LogP contribution in [0.15, 0.2) is 48.5 Å². The molecule has 0 spiro atoms. The second-order valence-corrected chi connectivity index (χ2v) is 10.9. The first-order valence-corrected chi connectivity index (χ1v) is 12.6. The highest BCUT2D eigenvalue weighted by molar-refractivity contribution is 7.87. The first-order valence-electron chi connectivity index (χ1n) is 11.1. The minimum atomic E-state index is -1.34. The van der Waals surface area contributed by atoms with E-state index in [1.165, 1.54) is 6.07 Å². The number of benzene rings is 2. The summed E-state index contributed by atoms with van der Waals surface area (Å²) in [6, 6.07) is 13.5. The first kappa shape index (κ1) is 21.9. The molecule has 3 atom stereocenters. The van der Waals surface area contributed by atoms with E-state index in [1.54, 1.807) is 22.5 Å². The molecule has 0 bridgehead atoms. The molecule has 5 rings (SSSR count). The summed E-state index contributed by atoms with van der Waals surface area (Å²) < 4.78 is 35.4. The maximum absolute atomic E-state index is 14.8. The highest BCUT2D eigenvalue weighted by Crippen LogP contribution is 2.42. The van der Waals surface area contributed by atoms with Crippen molar-refractivity contribution in [2.45, 2.75) is 43.0 Å². The Morgan fingerprint density at radius 3 is 2.50 bits per heavy atom. The summed E-state index contributed by atoms with van der Waals surface area (Å²) in [5.41, 5.74) is 1.29. The number of morpholine rings is 1. The van der Waals surface area contributed by atoms with Crippen molar-refractivity contribution in [3.8, 4) is 0 Å². The van der Waals surface area contributed by atoms with Gasteiger partial charge in [-0.15, -0.1) is 0 Å². The van der Waals surface area contributed by atoms with Gasteiger partial charge in [0.05, 0.1) is 36.2 Å². The molecule has 170 valence electrons. The molecule has 0 radical (unpaired) electrons. The number of hydrogen-bond acceptors (Lipinski definition) is 3. The van der Waals surface area contributed by atoms with Crippen LogP contribution >= 0.6 is 11.6 Å². The van der Waals surface area contributed by atoms with E-state index < -0.39 is 16.8 Å². The maximum Gasteiger partial charge on any atom is 0.249 e. The van der Waals surface area contributed by atoms with E-state index in [4.69, 9.17) is 16.3 Å². The molecule has 0 aromatic heterocycles. The zero-order valence-corrected chi connectivity index (χ0v) is 19.2. The predicted octanol–water partition coefficient (Wildman–Crippen LogP) is 4.49. The molecule has 1 heterocycles. The lowest BCUT2D eigenvalue weighted by molar-refractivity contribution is -0.152. The third-order valence-electron chi connectivity index (χ3n) is 6.40. The van der Waals surface area contributed by atoms with Crippen molar-refractivity contribution in [3.05, 3.63) is 64.9 Å². The molecule has 3 fully saturated rings. The number of halogens is 2. The van der Waals surface area contributed by atoms with Gasteiger partial charge in [0, 0.05) is 5.02 Å². The lowest BCUT2D eigenvalue weighted by Crippen LogP contribution is -2.54. The second-order valence-electron chi connectivity index (χ2n) is 8.78. The highest BCUT2D eigenvalue weighted by atomic mass is 35.5. The number of para-hydroxylation sites is 1. The van der Waals surface area contributed by atoms with Gasteiger partial charge in [-0.05, 0) is 61.4 Å². The minimum absolute atomic E-state index is 0.0265. The van der Waals surface area contributed by atoms with Crippen molar-refractivity contribution in [2.24, 2.45) is 5.92 Å². The normalized spacial score (nSPS) is 23.1. The van der Waals surface area contributed by atoms with Crippen molar-refractivity contribution in [3.63, 3.8) is 0 Å². The number of rotatable bonds is 8. The molecule has 1 aliphatic heterocycles. The largest absolute Gasteiger partial charge is 0.369 e. The molecule has 8 heteroatoms. The molecule has 1 amide bonds. The molecule has 0 N–H and O–H groups in total. The zero-order valence-electron chi connectivity index (χ0n) is 17.7. The highest BCUT2D eigenvalue weighted by Gasteiger charge is 2.45. The average molecular weight is 477 g/mol. The van der Waals surface area contributed by atoms with Gasteiger partial charge in [-0.3, -0.25) is 9.10 Å². The number of hydrogen-bond donors (Lipinski definition) is 0. The Kier molecular flexibility index (Phi) is 6.23. The van der Waals surface area contributed by atoms with Crippen LogP contribution < -0.4 is 4.31 Å². The molecule has 32 heavy (non-hydrogen) atoms. The third kappa shape index (κ3) is 4.56. The van der Waals surface area contributed by atoms with E-state index in [9.17, 15) is 13.4 Å². The number of amides is 1. The fraction of sp³-hybridized carbons (Fsp3) is 0.458. The number of carbonyl (C=O) groups excluding carboxylic acids is 1. The van der Waals surface area contributed by atoms with Crippen molar-refractivity contribution >= 4 is 34.2 Å². The monoisotopic (exact) mass is 476 g/mol. The van der Waals surface area contributed by atoms with Gasteiger partial charge < -0.3 is 9.64 Å². The van der Waals surface area contributed by atoms with Gasteiger partial charge in [-0.1, -0.05) is 35.9 Å². The fourth-order valence-electron chi connectivity index (χ4n) is 4.43. The Bertz CT molecular complexity index is 1010. The van der Waals surface area contributed by atoms with Crippen molar-refractivity contribution < 1.29 is 18.1 Å². The molecule has 2 aromatic carbocycles. The van der Waals surface area contributed by atoms with Crippen molar-refractivity contribution in [1.29, 1.82) is 0 Å². The van der Waals surface area contributed by atoms with Crippen LogP contribution in [0.2, 0.25) is 5.02 Å². The van der Waals surface area contributed by atoms with Crippen LogP contribution in [0.5, 0.6) is 0 Å². The summed E-state index contributed by atoms with van der Waals surface area (Å²) in [6.07, 6.45) is 3.78. The predicted molar refractivity (Wildman–Crippen MR) is 123 cm³/mol. The zero-order chi connectivity index (χ0) is 22.2. The Labute approximate surface area is 195 Å². The quantitative estimate of drug-likeness (QED) is 0.564. The smallest absolute Gasteiger partial charge is 0.249 e. The number of carbonyl (C=O) groups is 1. The van der Waals surface area contributed by atoms with Crippen LogP contribution in [0, 0.1) is 11.7 Å². The Morgan fingerprint density at radius 1 is 1.12 bits per heavy atom. The lowest BCUT2D eigenvalue weighted by atomic mass is 10.00. The number of ether oxygens (including phenoxy) is 1. The van der Waals surface area contributed by atoms with Gasteiger partial charge >= 0.3 is 0 Å². The van der Waals surface area contributed by atoms with Gasteiger partial charge in [0.2, 0.25) is 5.91 Å². The molecule has 3 unspecified atom stereocenters. The van der Waals surface area contributed by atoms with Crippen LogP contribution in [-0.2, 0) is 20.5 Å². The van der Waals surface area contributed by atoms with E-state index >= 15 is 0 Å². The Morgan fingerprint density at radius 2 is 1.84 bits per heavy atom. The Balaban J connectivity index is 1.49.